The first-order valence-electron chi connectivity index (χ1n) is 8.19. The van der Waals surface area contributed by atoms with Crippen molar-refractivity contribution in [3.63, 3.8) is 0 Å². The number of nitrogens with zero attached hydrogens (tertiary/aromatic N) is 1. The Morgan fingerprint density at radius 1 is 1.12 bits per heavy atom. The van der Waals surface area contributed by atoms with E-state index in [4.69, 9.17) is 17.3 Å². The number of carbonyl (C=O) groups excluding carboxylic acids is 2. The van der Waals surface area contributed by atoms with E-state index in [-0.39, 0.29) is 24.3 Å². The van der Waals surface area contributed by atoms with Gasteiger partial charge >= 0.3 is 0 Å². The van der Waals surface area contributed by atoms with E-state index >= 15 is 0 Å². The van der Waals surface area contributed by atoms with Crippen LogP contribution in [0.15, 0.2) is 48.5 Å². The molecule has 0 saturated heterocycles. The summed E-state index contributed by atoms with van der Waals surface area (Å²) in [6, 6.07) is 14.7. The predicted octanol–water partition coefficient (Wildman–Crippen LogP) is 2.58. The normalized spacial score (nSPS) is 16.9. The van der Waals surface area contributed by atoms with Crippen molar-refractivity contribution in [1.82, 2.24) is 4.90 Å². The number of para-hydroxylation sites is 1. The number of fused-ring (bicyclic) bond motifs is 1. The summed E-state index contributed by atoms with van der Waals surface area (Å²) in [6.45, 7) is 1.07. The van der Waals surface area contributed by atoms with Gasteiger partial charge in [0.1, 0.15) is 0 Å². The van der Waals surface area contributed by atoms with Gasteiger partial charge in [0.15, 0.2) is 0 Å². The summed E-state index contributed by atoms with van der Waals surface area (Å²) in [5.74, 6) is -0.504. The average Bonchev–Trinajstić information content (AvgIpc) is 2.61. The smallest absolute Gasteiger partial charge is 0.235 e. The van der Waals surface area contributed by atoms with Crippen molar-refractivity contribution in [3.05, 3.63) is 64.7 Å². The molecule has 3 N–H and O–H groups in total. The number of nitrogens with two attached hydrogens (primary N) is 1. The first-order chi connectivity index (χ1) is 12.0. The minimum Gasteiger partial charge on any atom is -0.368 e. The first-order valence-corrected chi connectivity index (χ1v) is 8.57. The molecule has 0 aromatic heterocycles. The molecule has 1 aliphatic heterocycles. The topological polar surface area (TPSA) is 75.4 Å². The van der Waals surface area contributed by atoms with Gasteiger partial charge in [-0.3, -0.25) is 14.5 Å². The second-order valence-electron chi connectivity index (χ2n) is 6.14. The molecule has 1 unspecified atom stereocenters. The lowest BCUT2D eigenvalue weighted by atomic mass is 9.93. The van der Waals surface area contributed by atoms with Crippen molar-refractivity contribution in [2.45, 2.75) is 25.4 Å². The van der Waals surface area contributed by atoms with E-state index in [1.54, 1.807) is 18.2 Å². The molecule has 2 aromatic rings. The van der Waals surface area contributed by atoms with Gasteiger partial charge in [-0.1, -0.05) is 48.0 Å². The molecule has 3 rings (SSSR count). The summed E-state index contributed by atoms with van der Waals surface area (Å²) in [5, 5.41) is 3.30. The molecule has 0 saturated carbocycles. The van der Waals surface area contributed by atoms with Crippen LogP contribution in [0.2, 0.25) is 5.02 Å². The summed E-state index contributed by atoms with van der Waals surface area (Å²) in [5.41, 5.74) is 8.47. The summed E-state index contributed by atoms with van der Waals surface area (Å²) < 4.78 is 0. The molecule has 25 heavy (non-hydrogen) atoms. The third kappa shape index (κ3) is 4.18. The van der Waals surface area contributed by atoms with Crippen LogP contribution in [0.3, 0.4) is 0 Å². The number of amides is 2. The highest BCUT2D eigenvalue weighted by molar-refractivity contribution is 6.33. The number of hydrogen-bond acceptors (Lipinski definition) is 3. The van der Waals surface area contributed by atoms with E-state index in [0.717, 1.165) is 5.56 Å². The summed E-state index contributed by atoms with van der Waals surface area (Å²) in [6.07, 6.45) is 0.842. The summed E-state index contributed by atoms with van der Waals surface area (Å²) in [7, 11) is 0. The Hall–Kier alpha value is -2.37. The quantitative estimate of drug-likeness (QED) is 0.863. The van der Waals surface area contributed by atoms with Gasteiger partial charge in [-0.15, -0.1) is 0 Å². The van der Waals surface area contributed by atoms with Gasteiger partial charge in [0.2, 0.25) is 11.8 Å². The molecule has 0 spiro atoms. The van der Waals surface area contributed by atoms with Gasteiger partial charge in [0.25, 0.3) is 0 Å². The Balaban J connectivity index is 1.64. The minimum absolute atomic E-state index is 0.143. The van der Waals surface area contributed by atoms with Gasteiger partial charge < -0.3 is 11.1 Å². The number of carbonyl (C=O) groups is 2. The summed E-state index contributed by atoms with van der Waals surface area (Å²) in [4.78, 5) is 26.0. The third-order valence-corrected chi connectivity index (χ3v) is 4.78. The van der Waals surface area contributed by atoms with Crippen LogP contribution >= 0.6 is 11.6 Å². The molecule has 6 heteroatoms. The average molecular weight is 358 g/mol. The zero-order valence-corrected chi connectivity index (χ0v) is 14.5. The fourth-order valence-electron chi connectivity index (χ4n) is 3.11. The van der Waals surface area contributed by atoms with E-state index in [1.807, 2.05) is 35.2 Å². The molecule has 1 heterocycles. The van der Waals surface area contributed by atoms with Crippen LogP contribution in [0.5, 0.6) is 0 Å². The fraction of sp³-hybridized carbons (Fsp3) is 0.263. The maximum atomic E-state index is 12.2. The highest BCUT2D eigenvalue weighted by atomic mass is 35.5. The van der Waals surface area contributed by atoms with Crippen LogP contribution in [0.1, 0.15) is 17.5 Å². The SMILES string of the molecule is NC(=O)C1Cc2ccccc2CN1CCC(=O)Nc1ccccc1Cl. The number of primary amides is 1. The van der Waals surface area contributed by atoms with Gasteiger partial charge in [-0.25, -0.2) is 0 Å². The van der Waals surface area contributed by atoms with E-state index in [0.29, 0.717) is 30.2 Å². The molecule has 2 aromatic carbocycles. The van der Waals surface area contributed by atoms with Gasteiger partial charge in [0.05, 0.1) is 16.8 Å². The second-order valence-corrected chi connectivity index (χ2v) is 6.55. The van der Waals surface area contributed by atoms with Crippen molar-refractivity contribution in [1.29, 1.82) is 0 Å². The first kappa shape index (κ1) is 17.5. The van der Waals surface area contributed by atoms with Crippen LogP contribution < -0.4 is 11.1 Å². The molecule has 1 atom stereocenters. The van der Waals surface area contributed by atoms with Crippen LogP contribution in [0.4, 0.5) is 5.69 Å². The minimum atomic E-state index is -0.386. The molecule has 1 aliphatic rings. The lowest BCUT2D eigenvalue weighted by molar-refractivity contribution is -0.125. The Morgan fingerprint density at radius 3 is 2.52 bits per heavy atom. The molecule has 5 nitrogen and oxygen atoms in total. The standard InChI is InChI=1S/C19H20ClN3O2/c20-15-7-3-4-8-16(15)22-18(24)9-10-23-12-14-6-2-1-5-13(14)11-17(23)19(21)25/h1-8,17H,9-12H2,(H2,21,25)(H,22,24). The maximum Gasteiger partial charge on any atom is 0.235 e. The van der Waals surface area contributed by atoms with Crippen molar-refractivity contribution in [2.75, 3.05) is 11.9 Å². The Labute approximate surface area is 151 Å². The number of hydrogen-bond donors (Lipinski definition) is 2. The van der Waals surface area contributed by atoms with Gasteiger partial charge in [-0.2, -0.15) is 0 Å². The van der Waals surface area contributed by atoms with E-state index in [1.165, 1.54) is 5.56 Å². The van der Waals surface area contributed by atoms with Crippen LogP contribution in [-0.2, 0) is 22.6 Å². The number of benzene rings is 2. The highest BCUT2D eigenvalue weighted by Crippen LogP contribution is 2.24. The van der Waals surface area contributed by atoms with Crippen LogP contribution in [-0.4, -0.2) is 29.3 Å². The van der Waals surface area contributed by atoms with E-state index in [2.05, 4.69) is 5.32 Å². The molecule has 130 valence electrons. The lowest BCUT2D eigenvalue weighted by Gasteiger charge is -2.34. The lowest BCUT2D eigenvalue weighted by Crippen LogP contribution is -2.49. The maximum absolute atomic E-state index is 12.2. The highest BCUT2D eigenvalue weighted by Gasteiger charge is 2.29. The number of halogens is 1. The monoisotopic (exact) mass is 357 g/mol. The Morgan fingerprint density at radius 2 is 1.80 bits per heavy atom. The van der Waals surface area contributed by atoms with E-state index in [9.17, 15) is 9.59 Å². The molecule has 0 radical (unpaired) electrons. The van der Waals surface area contributed by atoms with Crippen molar-refractivity contribution >= 4 is 29.1 Å². The second kappa shape index (κ2) is 7.68. The third-order valence-electron chi connectivity index (χ3n) is 4.45. The van der Waals surface area contributed by atoms with Crippen molar-refractivity contribution in [2.24, 2.45) is 5.73 Å². The number of nitrogens with one attached hydrogen (secondary N) is 1. The molecule has 2 amide bonds. The Kier molecular flexibility index (Phi) is 5.36. The van der Waals surface area contributed by atoms with Crippen molar-refractivity contribution < 1.29 is 9.59 Å². The molecular formula is C19H20ClN3O2. The van der Waals surface area contributed by atoms with E-state index < -0.39 is 0 Å². The number of rotatable bonds is 5. The Bertz CT molecular complexity index is 794. The molecular weight excluding hydrogens is 338 g/mol. The zero-order valence-electron chi connectivity index (χ0n) is 13.7. The fourth-order valence-corrected chi connectivity index (χ4v) is 3.30. The van der Waals surface area contributed by atoms with Crippen molar-refractivity contribution in [3.8, 4) is 0 Å². The van der Waals surface area contributed by atoms with Crippen LogP contribution in [0, 0.1) is 0 Å². The zero-order chi connectivity index (χ0) is 17.8. The van der Waals surface area contributed by atoms with Gasteiger partial charge in [-0.05, 0) is 29.7 Å². The molecule has 0 aliphatic carbocycles. The molecule has 0 fully saturated rings. The largest absolute Gasteiger partial charge is 0.368 e. The summed E-state index contributed by atoms with van der Waals surface area (Å²) >= 11 is 6.05. The van der Waals surface area contributed by atoms with Gasteiger partial charge in [0, 0.05) is 19.5 Å². The predicted molar refractivity (Wildman–Crippen MR) is 98.2 cm³/mol. The van der Waals surface area contributed by atoms with Crippen LogP contribution in [0.25, 0.3) is 0 Å². The number of anilines is 1. The molecule has 0 bridgehead atoms.